The summed E-state index contributed by atoms with van der Waals surface area (Å²) in [5, 5.41) is 8.77. The SMILES string of the molecule is Clc1cccc(-c2cc(N3CCC(n4ncc5c4CNC5)CC3)ncn2)c1. The number of halogens is 1. The third-order valence-corrected chi connectivity index (χ3v) is 5.74. The maximum atomic E-state index is 6.12. The van der Waals surface area contributed by atoms with Gasteiger partial charge in [0.15, 0.2) is 0 Å². The van der Waals surface area contributed by atoms with Crippen LogP contribution in [0.25, 0.3) is 11.3 Å². The van der Waals surface area contributed by atoms with Gasteiger partial charge in [0.05, 0.1) is 23.6 Å². The van der Waals surface area contributed by atoms with Gasteiger partial charge in [0.1, 0.15) is 12.1 Å². The summed E-state index contributed by atoms with van der Waals surface area (Å²) in [4.78, 5) is 11.3. The second kappa shape index (κ2) is 6.94. The van der Waals surface area contributed by atoms with Crippen LogP contribution < -0.4 is 10.2 Å². The molecule has 0 spiro atoms. The van der Waals surface area contributed by atoms with Gasteiger partial charge in [-0.15, -0.1) is 0 Å². The lowest BCUT2D eigenvalue weighted by atomic mass is 10.0. The molecule has 0 bridgehead atoms. The monoisotopic (exact) mass is 380 g/mol. The predicted octanol–water partition coefficient (Wildman–Crippen LogP) is 3.44. The standard InChI is InChI=1S/C20H21ClN6/c21-16-3-1-2-14(8-16)18-9-20(24-13-23-18)26-6-4-17(5-7-26)27-19-12-22-10-15(19)11-25-27/h1-3,8-9,11,13,17,22H,4-7,10,12H2. The van der Waals surface area contributed by atoms with Crippen molar-refractivity contribution in [1.29, 1.82) is 0 Å². The first-order chi connectivity index (χ1) is 13.3. The highest BCUT2D eigenvalue weighted by Gasteiger charge is 2.26. The maximum absolute atomic E-state index is 6.12. The number of hydrogen-bond acceptors (Lipinski definition) is 5. The van der Waals surface area contributed by atoms with E-state index in [9.17, 15) is 0 Å². The molecule has 0 amide bonds. The van der Waals surface area contributed by atoms with Crippen LogP contribution in [0.15, 0.2) is 42.9 Å². The summed E-state index contributed by atoms with van der Waals surface area (Å²) in [5.41, 5.74) is 4.62. The van der Waals surface area contributed by atoms with Crippen LogP contribution in [0.5, 0.6) is 0 Å². The summed E-state index contributed by atoms with van der Waals surface area (Å²) >= 11 is 6.12. The lowest BCUT2D eigenvalue weighted by molar-refractivity contribution is 0.356. The molecular weight excluding hydrogens is 360 g/mol. The molecule has 0 aliphatic carbocycles. The number of aromatic nitrogens is 4. The second-order valence-corrected chi connectivity index (χ2v) is 7.59. The fourth-order valence-corrected chi connectivity index (χ4v) is 4.25. The van der Waals surface area contributed by atoms with Crippen molar-refractivity contribution in [2.75, 3.05) is 18.0 Å². The van der Waals surface area contributed by atoms with Gasteiger partial charge in [-0.2, -0.15) is 5.10 Å². The Kier molecular flexibility index (Phi) is 4.30. The molecule has 0 saturated carbocycles. The van der Waals surface area contributed by atoms with Crippen molar-refractivity contribution in [3.63, 3.8) is 0 Å². The molecule has 6 nitrogen and oxygen atoms in total. The first-order valence-corrected chi connectivity index (χ1v) is 9.74. The van der Waals surface area contributed by atoms with Gasteiger partial charge in [0.2, 0.25) is 0 Å². The minimum Gasteiger partial charge on any atom is -0.356 e. The molecule has 1 saturated heterocycles. The molecule has 0 unspecified atom stereocenters. The molecular formula is C20H21ClN6. The van der Waals surface area contributed by atoms with Crippen LogP contribution in [0.2, 0.25) is 5.02 Å². The van der Waals surface area contributed by atoms with Crippen molar-refractivity contribution in [2.24, 2.45) is 0 Å². The van der Waals surface area contributed by atoms with Crippen LogP contribution in [-0.2, 0) is 13.1 Å². The van der Waals surface area contributed by atoms with E-state index in [1.54, 1.807) is 6.33 Å². The molecule has 0 atom stereocenters. The molecule has 2 aliphatic heterocycles. The lowest BCUT2D eigenvalue weighted by Crippen LogP contribution is -2.36. The van der Waals surface area contributed by atoms with Gasteiger partial charge in [-0.05, 0) is 25.0 Å². The molecule has 7 heteroatoms. The Morgan fingerprint density at radius 1 is 1.07 bits per heavy atom. The molecule has 1 aromatic carbocycles. The van der Waals surface area contributed by atoms with E-state index < -0.39 is 0 Å². The van der Waals surface area contributed by atoms with Crippen LogP contribution in [0, 0.1) is 0 Å². The zero-order chi connectivity index (χ0) is 18.2. The highest BCUT2D eigenvalue weighted by molar-refractivity contribution is 6.30. The highest BCUT2D eigenvalue weighted by atomic mass is 35.5. The Labute approximate surface area is 163 Å². The number of nitrogens with zero attached hydrogens (tertiary/aromatic N) is 5. The average Bonchev–Trinajstić information content (AvgIpc) is 3.32. The molecule has 1 fully saturated rings. The Morgan fingerprint density at radius 3 is 2.81 bits per heavy atom. The predicted molar refractivity (Wildman–Crippen MR) is 106 cm³/mol. The molecule has 3 aromatic rings. The molecule has 4 heterocycles. The first-order valence-electron chi connectivity index (χ1n) is 9.37. The fraction of sp³-hybridized carbons (Fsp3) is 0.350. The van der Waals surface area contributed by atoms with E-state index in [1.807, 2.05) is 30.5 Å². The number of anilines is 1. The minimum absolute atomic E-state index is 0.471. The third-order valence-electron chi connectivity index (χ3n) is 5.50. The molecule has 0 radical (unpaired) electrons. The van der Waals surface area contributed by atoms with Crippen molar-refractivity contribution in [3.05, 3.63) is 59.1 Å². The third kappa shape index (κ3) is 3.19. The number of piperidine rings is 1. The van der Waals surface area contributed by atoms with Crippen LogP contribution >= 0.6 is 11.6 Å². The highest BCUT2D eigenvalue weighted by Crippen LogP contribution is 2.30. The van der Waals surface area contributed by atoms with E-state index in [-0.39, 0.29) is 0 Å². The van der Waals surface area contributed by atoms with E-state index in [0.717, 1.165) is 61.1 Å². The number of fused-ring (bicyclic) bond motifs is 1. The lowest BCUT2D eigenvalue weighted by Gasteiger charge is -2.33. The normalized spacial score (nSPS) is 17.3. The average molecular weight is 381 g/mol. The quantitative estimate of drug-likeness (QED) is 0.754. The smallest absolute Gasteiger partial charge is 0.132 e. The summed E-state index contributed by atoms with van der Waals surface area (Å²) in [6, 6.07) is 10.3. The van der Waals surface area contributed by atoms with Crippen molar-refractivity contribution >= 4 is 17.4 Å². The van der Waals surface area contributed by atoms with Crippen molar-refractivity contribution in [2.45, 2.75) is 32.0 Å². The number of hydrogen-bond donors (Lipinski definition) is 1. The summed E-state index contributed by atoms with van der Waals surface area (Å²) in [6.07, 6.45) is 5.81. The number of benzene rings is 1. The van der Waals surface area contributed by atoms with E-state index in [1.165, 1.54) is 11.3 Å². The molecule has 5 rings (SSSR count). The summed E-state index contributed by atoms with van der Waals surface area (Å²) in [6.45, 7) is 3.82. The van der Waals surface area contributed by atoms with Crippen molar-refractivity contribution < 1.29 is 0 Å². The molecule has 27 heavy (non-hydrogen) atoms. The maximum Gasteiger partial charge on any atom is 0.132 e. The largest absolute Gasteiger partial charge is 0.356 e. The molecule has 1 N–H and O–H groups in total. The first kappa shape index (κ1) is 16.7. The zero-order valence-corrected chi connectivity index (χ0v) is 15.7. The summed E-state index contributed by atoms with van der Waals surface area (Å²) < 4.78 is 2.24. The van der Waals surface area contributed by atoms with Crippen LogP contribution in [0.4, 0.5) is 5.82 Å². The van der Waals surface area contributed by atoms with Gasteiger partial charge in [-0.3, -0.25) is 4.68 Å². The Hall–Kier alpha value is -2.44. The summed E-state index contributed by atoms with van der Waals surface area (Å²) in [7, 11) is 0. The minimum atomic E-state index is 0.471. The zero-order valence-electron chi connectivity index (χ0n) is 15.0. The van der Waals surface area contributed by atoms with E-state index in [4.69, 9.17) is 11.6 Å². The molecule has 2 aromatic heterocycles. The van der Waals surface area contributed by atoms with Gasteiger partial charge >= 0.3 is 0 Å². The number of rotatable bonds is 3. The van der Waals surface area contributed by atoms with Gasteiger partial charge in [0.25, 0.3) is 0 Å². The van der Waals surface area contributed by atoms with Gasteiger partial charge in [-0.1, -0.05) is 23.7 Å². The topological polar surface area (TPSA) is 58.9 Å². The number of nitrogens with one attached hydrogen (secondary N) is 1. The van der Waals surface area contributed by atoms with Gasteiger partial charge in [-0.25, -0.2) is 9.97 Å². The Morgan fingerprint density at radius 2 is 1.96 bits per heavy atom. The van der Waals surface area contributed by atoms with Crippen LogP contribution in [0.3, 0.4) is 0 Å². The van der Waals surface area contributed by atoms with Crippen LogP contribution in [0.1, 0.15) is 30.1 Å². The second-order valence-electron chi connectivity index (χ2n) is 7.15. The Bertz CT molecular complexity index is 961. The molecule has 2 aliphatic rings. The summed E-state index contributed by atoms with van der Waals surface area (Å²) in [5.74, 6) is 0.978. The van der Waals surface area contributed by atoms with Crippen molar-refractivity contribution in [1.82, 2.24) is 25.1 Å². The van der Waals surface area contributed by atoms with E-state index in [2.05, 4.69) is 36.0 Å². The Balaban J connectivity index is 1.32. The van der Waals surface area contributed by atoms with Gasteiger partial charge < -0.3 is 10.2 Å². The van der Waals surface area contributed by atoms with Crippen LogP contribution in [-0.4, -0.2) is 32.8 Å². The molecule has 138 valence electrons. The van der Waals surface area contributed by atoms with Crippen molar-refractivity contribution in [3.8, 4) is 11.3 Å². The van der Waals surface area contributed by atoms with E-state index in [0.29, 0.717) is 6.04 Å². The fourth-order valence-electron chi connectivity index (χ4n) is 4.06. The van der Waals surface area contributed by atoms with E-state index >= 15 is 0 Å². The van der Waals surface area contributed by atoms with Gasteiger partial charge in [0, 0.05) is 48.4 Å².